The number of benzene rings is 1. The molecule has 0 aliphatic rings. The largest absolute Gasteiger partial charge is 0.337 e. The average Bonchev–Trinajstić information content (AvgIpc) is 3.03. The van der Waals surface area contributed by atoms with Crippen LogP contribution in [0.15, 0.2) is 48.1 Å². The fourth-order valence-corrected chi connectivity index (χ4v) is 2.99. The summed E-state index contributed by atoms with van der Waals surface area (Å²) >= 11 is 1.29. The summed E-state index contributed by atoms with van der Waals surface area (Å²) in [6, 6.07) is 11.9. The molecule has 1 N–H and O–H groups in total. The fraction of sp³-hybridized carbons (Fsp3) is 0.368. The van der Waals surface area contributed by atoms with Gasteiger partial charge in [-0.05, 0) is 12.8 Å². The van der Waals surface area contributed by atoms with Crippen LogP contribution >= 0.6 is 11.8 Å². The summed E-state index contributed by atoms with van der Waals surface area (Å²) in [4.78, 5) is 12.3. The van der Waals surface area contributed by atoms with E-state index in [9.17, 15) is 10.1 Å². The molecule has 0 saturated carbocycles. The van der Waals surface area contributed by atoms with Gasteiger partial charge in [-0.25, -0.2) is 0 Å². The molecule has 1 aromatic heterocycles. The van der Waals surface area contributed by atoms with Crippen LogP contribution in [0.2, 0.25) is 0 Å². The summed E-state index contributed by atoms with van der Waals surface area (Å²) in [5.74, 6) is 0.698. The lowest BCUT2D eigenvalue weighted by atomic mass is 9.90. The van der Waals surface area contributed by atoms with E-state index in [0.29, 0.717) is 11.7 Å². The van der Waals surface area contributed by atoms with Crippen molar-refractivity contribution in [3.63, 3.8) is 0 Å². The minimum absolute atomic E-state index is 0.00977. The summed E-state index contributed by atoms with van der Waals surface area (Å²) in [7, 11) is 0. The van der Waals surface area contributed by atoms with Crippen LogP contribution in [0.5, 0.6) is 0 Å². The second-order valence-corrected chi connectivity index (χ2v) is 7.32. The zero-order valence-electron chi connectivity index (χ0n) is 15.3. The number of hydrogen-bond acceptors (Lipinski definition) is 5. The molecule has 0 aliphatic carbocycles. The molecule has 6 nitrogen and oxygen atoms in total. The van der Waals surface area contributed by atoms with Gasteiger partial charge in [0.2, 0.25) is 5.91 Å². The summed E-state index contributed by atoms with van der Waals surface area (Å²) in [6.45, 7) is 9.87. The molecular weight excluding hydrogens is 346 g/mol. The Hall–Kier alpha value is -2.59. The number of carbonyl (C=O) groups excluding carboxylic acids is 1. The highest BCUT2D eigenvalue weighted by Crippen LogP contribution is 2.24. The van der Waals surface area contributed by atoms with E-state index in [2.05, 4.69) is 28.2 Å². The van der Waals surface area contributed by atoms with Gasteiger partial charge in [-0.3, -0.25) is 9.36 Å². The maximum atomic E-state index is 12.3. The highest BCUT2D eigenvalue weighted by molar-refractivity contribution is 7.99. The molecule has 26 heavy (non-hydrogen) atoms. The van der Waals surface area contributed by atoms with E-state index in [-0.39, 0.29) is 17.6 Å². The van der Waals surface area contributed by atoms with Gasteiger partial charge >= 0.3 is 0 Å². The van der Waals surface area contributed by atoms with Crippen molar-refractivity contribution in [2.45, 2.75) is 38.0 Å². The molecule has 2 rings (SSSR count). The molecule has 136 valence electrons. The zero-order valence-corrected chi connectivity index (χ0v) is 16.1. The van der Waals surface area contributed by atoms with Crippen molar-refractivity contribution in [2.24, 2.45) is 5.92 Å². The topological polar surface area (TPSA) is 83.6 Å². The first-order valence-corrected chi connectivity index (χ1v) is 9.34. The molecule has 0 spiro atoms. The van der Waals surface area contributed by atoms with Crippen LogP contribution in [0.25, 0.3) is 11.4 Å². The van der Waals surface area contributed by atoms with E-state index in [1.165, 1.54) is 11.8 Å². The number of hydrogen-bond donors (Lipinski definition) is 1. The first kappa shape index (κ1) is 19.7. The molecule has 7 heteroatoms. The maximum Gasteiger partial charge on any atom is 0.231 e. The molecule has 1 aromatic carbocycles. The summed E-state index contributed by atoms with van der Waals surface area (Å²) in [6.07, 6.45) is 1.77. The van der Waals surface area contributed by atoms with Crippen molar-refractivity contribution >= 4 is 17.7 Å². The number of aromatic nitrogens is 3. The Kier molecular flexibility index (Phi) is 6.58. The number of thioether (sulfide) groups is 1. The molecule has 1 atom stereocenters. The van der Waals surface area contributed by atoms with Gasteiger partial charge in [0.05, 0.1) is 11.8 Å². The second-order valence-electron chi connectivity index (χ2n) is 6.38. The number of nitrogens with zero attached hydrogens (tertiary/aromatic N) is 4. The first-order valence-electron chi connectivity index (χ1n) is 8.36. The fourth-order valence-electron chi connectivity index (χ4n) is 2.25. The molecule has 1 heterocycles. The van der Waals surface area contributed by atoms with Gasteiger partial charge in [0.25, 0.3) is 0 Å². The van der Waals surface area contributed by atoms with Gasteiger partial charge in [-0.15, -0.1) is 16.8 Å². The molecule has 0 aliphatic heterocycles. The molecule has 1 unspecified atom stereocenters. The number of nitriles is 1. The van der Waals surface area contributed by atoms with Gasteiger partial charge in [0.15, 0.2) is 11.0 Å². The Morgan fingerprint density at radius 3 is 2.69 bits per heavy atom. The summed E-state index contributed by atoms with van der Waals surface area (Å²) in [5, 5.41) is 21.2. The third kappa shape index (κ3) is 4.52. The van der Waals surface area contributed by atoms with E-state index in [4.69, 9.17) is 0 Å². The van der Waals surface area contributed by atoms with E-state index < -0.39 is 5.54 Å². The highest BCUT2D eigenvalue weighted by atomic mass is 32.2. The standard InChI is InChI=1S/C19H23N5OS/c1-5-11-24-17(15-9-7-6-8-10-15)22-23-18(24)26-12-16(25)21-19(4,13-20)14(2)3/h5-10,14H,1,11-12H2,2-4H3,(H,21,25). The third-order valence-corrected chi connectivity index (χ3v) is 5.15. The van der Waals surface area contributed by atoms with Crippen LogP contribution in [0.3, 0.4) is 0 Å². The minimum atomic E-state index is -0.887. The Morgan fingerprint density at radius 2 is 2.12 bits per heavy atom. The van der Waals surface area contributed by atoms with Crippen molar-refractivity contribution < 1.29 is 4.79 Å². The normalized spacial score (nSPS) is 13.0. The molecule has 0 bridgehead atoms. The van der Waals surface area contributed by atoms with Crippen LogP contribution in [0.1, 0.15) is 20.8 Å². The number of allylic oxidation sites excluding steroid dienone is 1. The highest BCUT2D eigenvalue weighted by Gasteiger charge is 2.30. The monoisotopic (exact) mass is 369 g/mol. The Bertz CT molecular complexity index is 809. The smallest absolute Gasteiger partial charge is 0.231 e. The Balaban J connectivity index is 2.13. The Morgan fingerprint density at radius 1 is 1.42 bits per heavy atom. The number of amides is 1. The van der Waals surface area contributed by atoms with Gasteiger partial charge < -0.3 is 5.32 Å². The van der Waals surface area contributed by atoms with Crippen molar-refractivity contribution in [1.82, 2.24) is 20.1 Å². The average molecular weight is 369 g/mol. The molecular formula is C19H23N5OS. The second kappa shape index (κ2) is 8.68. The third-order valence-electron chi connectivity index (χ3n) is 4.18. The van der Waals surface area contributed by atoms with Gasteiger partial charge in [0, 0.05) is 12.1 Å². The quantitative estimate of drug-likeness (QED) is 0.570. The van der Waals surface area contributed by atoms with E-state index in [1.807, 2.05) is 48.7 Å². The lowest BCUT2D eigenvalue weighted by Gasteiger charge is -2.27. The molecule has 0 fully saturated rings. The van der Waals surface area contributed by atoms with E-state index in [1.54, 1.807) is 13.0 Å². The van der Waals surface area contributed by atoms with Crippen LogP contribution in [0.4, 0.5) is 0 Å². The zero-order chi connectivity index (χ0) is 19.2. The molecule has 0 radical (unpaired) electrons. The SMILES string of the molecule is C=CCn1c(SCC(=O)NC(C)(C#N)C(C)C)nnc1-c1ccccc1. The van der Waals surface area contributed by atoms with Crippen LogP contribution in [-0.4, -0.2) is 32.0 Å². The minimum Gasteiger partial charge on any atom is -0.337 e. The van der Waals surface area contributed by atoms with Gasteiger partial charge in [0.1, 0.15) is 5.54 Å². The van der Waals surface area contributed by atoms with Crippen LogP contribution < -0.4 is 5.32 Å². The summed E-state index contributed by atoms with van der Waals surface area (Å²) in [5.41, 5.74) is 0.0664. The van der Waals surface area contributed by atoms with Crippen molar-refractivity contribution in [2.75, 3.05) is 5.75 Å². The van der Waals surface area contributed by atoms with Crippen molar-refractivity contribution in [3.8, 4) is 17.5 Å². The number of rotatable bonds is 8. The molecule has 2 aromatic rings. The molecule has 0 saturated heterocycles. The van der Waals surface area contributed by atoms with Gasteiger partial charge in [-0.1, -0.05) is 62.0 Å². The number of carbonyl (C=O) groups is 1. The number of nitrogens with one attached hydrogen (secondary N) is 1. The Labute approximate surface area is 158 Å². The lowest BCUT2D eigenvalue weighted by Crippen LogP contribution is -2.49. The molecule has 1 amide bonds. The predicted octanol–water partition coefficient (Wildman–Crippen LogP) is 3.28. The van der Waals surface area contributed by atoms with Crippen LogP contribution in [-0.2, 0) is 11.3 Å². The van der Waals surface area contributed by atoms with Crippen LogP contribution in [0, 0.1) is 17.2 Å². The van der Waals surface area contributed by atoms with E-state index in [0.717, 1.165) is 11.4 Å². The van der Waals surface area contributed by atoms with E-state index >= 15 is 0 Å². The predicted molar refractivity (Wildman–Crippen MR) is 103 cm³/mol. The van der Waals surface area contributed by atoms with Crippen molar-refractivity contribution in [1.29, 1.82) is 5.26 Å². The first-order chi connectivity index (χ1) is 12.4. The maximum absolute atomic E-state index is 12.3. The summed E-state index contributed by atoms with van der Waals surface area (Å²) < 4.78 is 1.92. The van der Waals surface area contributed by atoms with Crippen molar-refractivity contribution in [3.05, 3.63) is 43.0 Å². The van der Waals surface area contributed by atoms with Gasteiger partial charge in [-0.2, -0.15) is 5.26 Å². The lowest BCUT2D eigenvalue weighted by molar-refractivity contribution is -0.120.